The summed E-state index contributed by atoms with van der Waals surface area (Å²) in [7, 11) is 0. The number of para-hydroxylation sites is 3. The van der Waals surface area contributed by atoms with Crippen molar-refractivity contribution in [1.82, 2.24) is 5.32 Å². The number of benzodiazepines with no additional fused rings is 1. The lowest BCUT2D eigenvalue weighted by molar-refractivity contribution is -0.120. The molecule has 4 aromatic rings. The molecule has 3 N–H and O–H groups in total. The molecule has 0 aliphatic carbocycles. The fourth-order valence-electron chi connectivity index (χ4n) is 4.69. The fourth-order valence-corrected chi connectivity index (χ4v) is 4.69. The number of urea groups is 1. The van der Waals surface area contributed by atoms with E-state index in [2.05, 4.69) is 16.0 Å². The lowest BCUT2D eigenvalue weighted by Gasteiger charge is -2.25. The summed E-state index contributed by atoms with van der Waals surface area (Å²) in [4.78, 5) is 57.8. The Balaban J connectivity index is 1.54. The minimum atomic E-state index is -1.35. The number of ketones is 1. The third kappa shape index (κ3) is 5.89. The van der Waals surface area contributed by atoms with E-state index in [0.29, 0.717) is 40.3 Å². The first kappa shape index (κ1) is 27.0. The molecule has 9 nitrogen and oxygen atoms in total. The summed E-state index contributed by atoms with van der Waals surface area (Å²) in [6.45, 7) is 1.60. The number of anilines is 3. The molecule has 204 valence electrons. The van der Waals surface area contributed by atoms with Gasteiger partial charge in [0.1, 0.15) is 0 Å². The number of hydrogen-bond donors (Lipinski definition) is 3. The fraction of sp³-hybridized carbons (Fsp3) is 0.0938. The van der Waals surface area contributed by atoms with Crippen LogP contribution < -0.4 is 20.9 Å². The van der Waals surface area contributed by atoms with Crippen LogP contribution in [0.3, 0.4) is 0 Å². The second-order valence-corrected chi connectivity index (χ2v) is 9.33. The summed E-state index contributed by atoms with van der Waals surface area (Å²) in [5.74, 6) is -0.814. The number of benzene rings is 4. The smallest absolute Gasteiger partial charge is 0.321 e. The Morgan fingerprint density at radius 3 is 2.27 bits per heavy atom. The second-order valence-electron chi connectivity index (χ2n) is 9.33. The van der Waals surface area contributed by atoms with Gasteiger partial charge in [-0.3, -0.25) is 14.4 Å². The molecular formula is C32H27N5O4. The molecule has 0 aromatic heterocycles. The minimum Gasteiger partial charge on any atom is -0.327 e. The third-order valence-electron chi connectivity index (χ3n) is 6.66. The summed E-state index contributed by atoms with van der Waals surface area (Å²) < 4.78 is 0. The molecule has 0 spiro atoms. The highest BCUT2D eigenvalue weighted by Gasteiger charge is 2.34. The Bertz CT molecular complexity index is 1650. The Morgan fingerprint density at radius 2 is 1.51 bits per heavy atom. The molecule has 1 atom stereocenters. The quantitative estimate of drug-likeness (QED) is 0.218. The number of Topliss-reactive ketones (excluding diaryl/α,β-unsaturated/α-hetero) is 1. The predicted molar refractivity (Wildman–Crippen MR) is 158 cm³/mol. The number of aliphatic imine (C=N–C) groups is 1. The Kier molecular flexibility index (Phi) is 7.96. The topological polar surface area (TPSA) is 120 Å². The molecular weight excluding hydrogens is 518 g/mol. The SMILES string of the molecule is Cc1ccccc1C(=O)CN1C(=O)[C@H](NC(=O)Nc2ccccc2NC=O)N=C(c2ccccc2)c2ccccc21. The summed E-state index contributed by atoms with van der Waals surface area (Å²) in [6.07, 6.45) is -0.849. The molecule has 4 aromatic carbocycles. The van der Waals surface area contributed by atoms with Gasteiger partial charge in [0.2, 0.25) is 12.6 Å². The van der Waals surface area contributed by atoms with E-state index in [4.69, 9.17) is 4.99 Å². The zero-order chi connectivity index (χ0) is 28.8. The van der Waals surface area contributed by atoms with Crippen LogP contribution in [0.25, 0.3) is 0 Å². The third-order valence-corrected chi connectivity index (χ3v) is 6.66. The van der Waals surface area contributed by atoms with Crippen molar-refractivity contribution in [2.45, 2.75) is 13.1 Å². The van der Waals surface area contributed by atoms with Crippen LogP contribution in [0.2, 0.25) is 0 Å². The van der Waals surface area contributed by atoms with Crippen LogP contribution >= 0.6 is 0 Å². The highest BCUT2D eigenvalue weighted by molar-refractivity contribution is 6.21. The number of nitrogens with zero attached hydrogens (tertiary/aromatic N) is 2. The molecule has 9 heteroatoms. The Morgan fingerprint density at radius 1 is 0.854 bits per heavy atom. The van der Waals surface area contributed by atoms with E-state index < -0.39 is 18.1 Å². The van der Waals surface area contributed by atoms with Gasteiger partial charge < -0.3 is 20.9 Å². The summed E-state index contributed by atoms with van der Waals surface area (Å²) in [6, 6.07) is 29.7. The summed E-state index contributed by atoms with van der Waals surface area (Å²) in [5.41, 5.74) is 4.42. The molecule has 5 rings (SSSR count). The highest BCUT2D eigenvalue weighted by Crippen LogP contribution is 2.29. The molecule has 41 heavy (non-hydrogen) atoms. The van der Waals surface area contributed by atoms with Gasteiger partial charge in [0.05, 0.1) is 29.3 Å². The number of amides is 4. The summed E-state index contributed by atoms with van der Waals surface area (Å²) >= 11 is 0. The van der Waals surface area contributed by atoms with Crippen molar-refractivity contribution in [3.8, 4) is 0 Å². The first-order chi connectivity index (χ1) is 20.0. The minimum absolute atomic E-state index is 0.244. The van der Waals surface area contributed by atoms with E-state index in [1.54, 1.807) is 48.5 Å². The van der Waals surface area contributed by atoms with Gasteiger partial charge in [0.25, 0.3) is 5.91 Å². The number of rotatable bonds is 8. The number of nitrogens with one attached hydrogen (secondary N) is 3. The van der Waals surface area contributed by atoms with Gasteiger partial charge in [0, 0.05) is 16.7 Å². The molecule has 1 heterocycles. The molecule has 1 aliphatic heterocycles. The van der Waals surface area contributed by atoms with E-state index in [1.807, 2.05) is 61.5 Å². The number of aryl methyl sites for hydroxylation is 1. The molecule has 0 saturated carbocycles. The molecule has 0 radical (unpaired) electrons. The molecule has 1 aliphatic rings. The molecule has 0 unspecified atom stereocenters. The first-order valence-corrected chi connectivity index (χ1v) is 13.0. The maximum atomic E-state index is 14.1. The predicted octanol–water partition coefficient (Wildman–Crippen LogP) is 4.78. The van der Waals surface area contributed by atoms with Crippen molar-refractivity contribution >= 4 is 46.9 Å². The van der Waals surface area contributed by atoms with Crippen LogP contribution in [-0.4, -0.2) is 42.6 Å². The monoisotopic (exact) mass is 545 g/mol. The zero-order valence-electron chi connectivity index (χ0n) is 22.2. The second kappa shape index (κ2) is 12.1. The van der Waals surface area contributed by atoms with E-state index >= 15 is 0 Å². The molecule has 0 saturated heterocycles. The van der Waals surface area contributed by atoms with Crippen molar-refractivity contribution in [1.29, 1.82) is 0 Å². The van der Waals surface area contributed by atoms with Gasteiger partial charge >= 0.3 is 6.03 Å². The maximum absolute atomic E-state index is 14.1. The van der Waals surface area contributed by atoms with Gasteiger partial charge in [-0.05, 0) is 30.7 Å². The van der Waals surface area contributed by atoms with Gasteiger partial charge in [-0.2, -0.15) is 0 Å². The van der Waals surface area contributed by atoms with Crippen molar-refractivity contribution in [2.75, 3.05) is 22.1 Å². The van der Waals surface area contributed by atoms with Crippen molar-refractivity contribution < 1.29 is 19.2 Å². The molecule has 0 bridgehead atoms. The Hall–Kier alpha value is -5.57. The standard InChI is InChI=1S/C32H27N5O4/c1-21-11-5-6-14-23(21)28(39)19-37-27-18-10-7-15-24(27)29(22-12-3-2-4-13-22)35-30(31(37)40)36-32(41)34-26-17-9-8-16-25(26)33-20-38/h2-18,20,30H,19H2,1H3,(H,33,38)(H2,34,36,41)/t30-/m0/s1. The normalized spacial score (nSPS) is 14.3. The van der Waals surface area contributed by atoms with Crippen LogP contribution in [0.4, 0.5) is 21.9 Å². The average molecular weight is 546 g/mol. The van der Waals surface area contributed by atoms with Crippen LogP contribution in [0, 0.1) is 6.92 Å². The Labute approximate surface area is 236 Å². The van der Waals surface area contributed by atoms with E-state index in [1.165, 1.54) is 4.90 Å². The van der Waals surface area contributed by atoms with Gasteiger partial charge in [-0.15, -0.1) is 0 Å². The van der Waals surface area contributed by atoms with Crippen molar-refractivity contribution in [3.63, 3.8) is 0 Å². The van der Waals surface area contributed by atoms with Gasteiger partial charge in [-0.25, -0.2) is 9.79 Å². The van der Waals surface area contributed by atoms with Gasteiger partial charge in [0.15, 0.2) is 5.78 Å². The largest absolute Gasteiger partial charge is 0.327 e. The number of carbonyl (C=O) groups excluding carboxylic acids is 4. The lowest BCUT2D eigenvalue weighted by Crippen LogP contribution is -2.50. The van der Waals surface area contributed by atoms with E-state index in [-0.39, 0.29) is 12.3 Å². The van der Waals surface area contributed by atoms with Crippen LogP contribution in [-0.2, 0) is 9.59 Å². The van der Waals surface area contributed by atoms with E-state index in [9.17, 15) is 19.2 Å². The summed E-state index contributed by atoms with van der Waals surface area (Å²) in [5, 5.41) is 7.86. The molecule has 4 amide bonds. The zero-order valence-corrected chi connectivity index (χ0v) is 22.2. The van der Waals surface area contributed by atoms with Crippen LogP contribution in [0.1, 0.15) is 27.0 Å². The average Bonchev–Trinajstić information content (AvgIpc) is 3.09. The van der Waals surface area contributed by atoms with Gasteiger partial charge in [-0.1, -0.05) is 84.9 Å². The lowest BCUT2D eigenvalue weighted by atomic mass is 9.99. The molecule has 0 fully saturated rings. The van der Waals surface area contributed by atoms with E-state index in [0.717, 1.165) is 11.1 Å². The van der Waals surface area contributed by atoms with Crippen molar-refractivity contribution in [2.24, 2.45) is 4.99 Å². The van der Waals surface area contributed by atoms with Crippen LogP contribution in [0.5, 0.6) is 0 Å². The highest BCUT2D eigenvalue weighted by atomic mass is 16.2. The number of carbonyl (C=O) groups is 4. The maximum Gasteiger partial charge on any atom is 0.321 e. The number of hydrogen-bond acceptors (Lipinski definition) is 5. The first-order valence-electron chi connectivity index (χ1n) is 13.0. The number of fused-ring (bicyclic) bond motifs is 1. The van der Waals surface area contributed by atoms with Crippen LogP contribution in [0.15, 0.2) is 108 Å². The van der Waals surface area contributed by atoms with Crippen molar-refractivity contribution in [3.05, 3.63) is 125 Å².